The lowest BCUT2D eigenvalue weighted by atomic mass is 10.1. The Bertz CT molecular complexity index is 758. The Morgan fingerprint density at radius 2 is 2.05 bits per heavy atom. The summed E-state index contributed by atoms with van der Waals surface area (Å²) in [5, 5.41) is 9.09. The summed E-state index contributed by atoms with van der Waals surface area (Å²) < 4.78 is 1.88. The van der Waals surface area contributed by atoms with E-state index in [4.69, 9.17) is 0 Å². The SMILES string of the molecule is Cc1cnc(C(C)Nc2nccn3nc(C(C)C)cc23)s1. The summed E-state index contributed by atoms with van der Waals surface area (Å²) in [6, 6.07) is 2.22. The normalized spacial score (nSPS) is 13.0. The van der Waals surface area contributed by atoms with Gasteiger partial charge in [0.2, 0.25) is 0 Å². The molecule has 0 aliphatic carbocycles. The van der Waals surface area contributed by atoms with E-state index in [0.717, 1.165) is 22.0 Å². The van der Waals surface area contributed by atoms with E-state index in [2.05, 4.69) is 54.1 Å². The monoisotopic (exact) mass is 301 g/mol. The molecule has 110 valence electrons. The van der Waals surface area contributed by atoms with Gasteiger partial charge in [-0.25, -0.2) is 14.5 Å². The van der Waals surface area contributed by atoms with Crippen LogP contribution in [0.1, 0.15) is 48.3 Å². The molecular weight excluding hydrogens is 282 g/mol. The van der Waals surface area contributed by atoms with E-state index >= 15 is 0 Å². The fourth-order valence-corrected chi connectivity index (χ4v) is 2.95. The Hall–Kier alpha value is -1.95. The van der Waals surface area contributed by atoms with Crippen LogP contribution < -0.4 is 5.32 Å². The molecular formula is C15H19N5S. The Labute approximate surface area is 128 Å². The van der Waals surface area contributed by atoms with E-state index < -0.39 is 0 Å². The minimum Gasteiger partial charge on any atom is -0.359 e. The van der Waals surface area contributed by atoms with Gasteiger partial charge >= 0.3 is 0 Å². The summed E-state index contributed by atoms with van der Waals surface area (Å²) in [5.74, 6) is 1.24. The lowest BCUT2D eigenvalue weighted by molar-refractivity contribution is 0.785. The molecule has 0 amide bonds. The predicted octanol–water partition coefficient (Wildman–Crippen LogP) is 3.79. The third-order valence-corrected chi connectivity index (χ3v) is 4.46. The Morgan fingerprint density at radius 3 is 2.71 bits per heavy atom. The van der Waals surface area contributed by atoms with E-state index in [1.54, 1.807) is 17.5 Å². The molecule has 1 atom stereocenters. The highest BCUT2D eigenvalue weighted by atomic mass is 32.1. The van der Waals surface area contributed by atoms with Crippen molar-refractivity contribution in [1.29, 1.82) is 0 Å². The first kappa shape index (κ1) is 14.0. The van der Waals surface area contributed by atoms with Crippen LogP contribution in [0, 0.1) is 6.92 Å². The first-order valence-electron chi connectivity index (χ1n) is 7.07. The molecule has 6 heteroatoms. The fraction of sp³-hybridized carbons (Fsp3) is 0.400. The molecule has 3 rings (SSSR count). The van der Waals surface area contributed by atoms with E-state index in [1.807, 2.05) is 16.9 Å². The summed E-state index contributed by atoms with van der Waals surface area (Å²) in [7, 11) is 0. The molecule has 0 saturated carbocycles. The van der Waals surface area contributed by atoms with Gasteiger partial charge < -0.3 is 5.32 Å². The van der Waals surface area contributed by atoms with Gasteiger partial charge in [0.15, 0.2) is 5.82 Å². The Balaban J connectivity index is 1.93. The zero-order valence-electron chi connectivity index (χ0n) is 12.7. The quantitative estimate of drug-likeness (QED) is 0.796. The molecule has 0 saturated heterocycles. The van der Waals surface area contributed by atoms with Crippen LogP contribution >= 0.6 is 11.3 Å². The molecule has 0 radical (unpaired) electrons. The van der Waals surface area contributed by atoms with Crippen molar-refractivity contribution >= 4 is 22.7 Å². The number of thiazole rings is 1. The van der Waals surface area contributed by atoms with Crippen molar-refractivity contribution in [3.63, 3.8) is 0 Å². The Morgan fingerprint density at radius 1 is 1.24 bits per heavy atom. The molecule has 0 aromatic carbocycles. The molecule has 3 heterocycles. The van der Waals surface area contributed by atoms with Crippen LogP contribution in [0.2, 0.25) is 0 Å². The molecule has 3 aromatic rings. The van der Waals surface area contributed by atoms with Gasteiger partial charge in [-0.3, -0.25) is 0 Å². The second-order valence-corrected chi connectivity index (χ2v) is 6.77. The third kappa shape index (κ3) is 2.76. The lowest BCUT2D eigenvalue weighted by Gasteiger charge is -2.12. The molecule has 3 aromatic heterocycles. The van der Waals surface area contributed by atoms with Crippen molar-refractivity contribution < 1.29 is 0 Å². The van der Waals surface area contributed by atoms with Gasteiger partial charge in [-0.05, 0) is 25.8 Å². The number of aryl methyl sites for hydroxylation is 1. The molecule has 0 spiro atoms. The summed E-state index contributed by atoms with van der Waals surface area (Å²) in [6.45, 7) is 8.45. The number of hydrogen-bond acceptors (Lipinski definition) is 5. The lowest BCUT2D eigenvalue weighted by Crippen LogP contribution is -2.08. The first-order chi connectivity index (χ1) is 10.0. The topological polar surface area (TPSA) is 55.1 Å². The number of fused-ring (bicyclic) bond motifs is 1. The van der Waals surface area contributed by atoms with E-state index in [9.17, 15) is 0 Å². The summed E-state index contributed by atoms with van der Waals surface area (Å²) in [4.78, 5) is 10.1. The second kappa shape index (κ2) is 5.44. The number of anilines is 1. The van der Waals surface area contributed by atoms with Gasteiger partial charge in [-0.2, -0.15) is 5.10 Å². The van der Waals surface area contributed by atoms with E-state index in [1.165, 1.54) is 4.88 Å². The number of nitrogens with one attached hydrogen (secondary N) is 1. The second-order valence-electron chi connectivity index (χ2n) is 5.50. The molecule has 1 N–H and O–H groups in total. The number of nitrogens with zero attached hydrogens (tertiary/aromatic N) is 4. The first-order valence-corrected chi connectivity index (χ1v) is 7.89. The highest BCUT2D eigenvalue weighted by Gasteiger charge is 2.14. The minimum atomic E-state index is 0.125. The van der Waals surface area contributed by atoms with Crippen LogP contribution in [0.3, 0.4) is 0 Å². The third-order valence-electron chi connectivity index (χ3n) is 3.36. The maximum Gasteiger partial charge on any atom is 0.152 e. The summed E-state index contributed by atoms with van der Waals surface area (Å²) in [6.07, 6.45) is 5.55. The van der Waals surface area contributed by atoms with E-state index in [-0.39, 0.29) is 6.04 Å². The highest BCUT2D eigenvalue weighted by Crippen LogP contribution is 2.25. The smallest absolute Gasteiger partial charge is 0.152 e. The molecule has 5 nitrogen and oxygen atoms in total. The standard InChI is InChI=1S/C15H19N5S/c1-9(2)12-7-13-14(16-5-6-20(13)19-12)18-11(4)15-17-8-10(3)21-15/h5-9,11H,1-4H3,(H,16,18). The van der Waals surface area contributed by atoms with Gasteiger partial charge in [0.05, 0.1) is 11.7 Å². The molecule has 0 aliphatic rings. The number of aromatic nitrogens is 4. The van der Waals surface area contributed by atoms with Crippen molar-refractivity contribution in [2.24, 2.45) is 0 Å². The average Bonchev–Trinajstić information content (AvgIpc) is 3.05. The highest BCUT2D eigenvalue weighted by molar-refractivity contribution is 7.11. The zero-order chi connectivity index (χ0) is 15.0. The number of rotatable bonds is 4. The summed E-state index contributed by atoms with van der Waals surface area (Å²) in [5.41, 5.74) is 2.07. The molecule has 0 fully saturated rings. The van der Waals surface area contributed by atoms with Gasteiger partial charge in [-0.15, -0.1) is 11.3 Å². The largest absolute Gasteiger partial charge is 0.359 e. The van der Waals surface area contributed by atoms with Crippen molar-refractivity contribution in [2.45, 2.75) is 39.7 Å². The van der Waals surface area contributed by atoms with Crippen molar-refractivity contribution in [1.82, 2.24) is 19.6 Å². The molecule has 21 heavy (non-hydrogen) atoms. The molecule has 0 aliphatic heterocycles. The van der Waals surface area contributed by atoms with Crippen LogP contribution in [0.25, 0.3) is 5.52 Å². The van der Waals surface area contributed by atoms with Crippen molar-refractivity contribution in [3.05, 3.63) is 40.2 Å². The fourth-order valence-electron chi connectivity index (χ4n) is 2.17. The van der Waals surface area contributed by atoms with Crippen LogP contribution in [0.4, 0.5) is 5.82 Å². The average molecular weight is 301 g/mol. The van der Waals surface area contributed by atoms with Crippen molar-refractivity contribution in [3.8, 4) is 0 Å². The maximum atomic E-state index is 4.58. The van der Waals surface area contributed by atoms with Crippen LogP contribution in [0.15, 0.2) is 24.7 Å². The van der Waals surface area contributed by atoms with E-state index in [0.29, 0.717) is 5.92 Å². The van der Waals surface area contributed by atoms with Gasteiger partial charge in [-0.1, -0.05) is 13.8 Å². The van der Waals surface area contributed by atoms with Gasteiger partial charge in [0.1, 0.15) is 10.5 Å². The minimum absolute atomic E-state index is 0.125. The number of hydrogen-bond donors (Lipinski definition) is 1. The van der Waals surface area contributed by atoms with Gasteiger partial charge in [0, 0.05) is 23.5 Å². The molecule has 1 unspecified atom stereocenters. The molecule has 0 bridgehead atoms. The Kier molecular flexibility index (Phi) is 3.63. The van der Waals surface area contributed by atoms with Crippen LogP contribution in [-0.2, 0) is 0 Å². The summed E-state index contributed by atoms with van der Waals surface area (Å²) >= 11 is 1.71. The zero-order valence-corrected chi connectivity index (χ0v) is 13.5. The van der Waals surface area contributed by atoms with Crippen molar-refractivity contribution in [2.75, 3.05) is 5.32 Å². The van der Waals surface area contributed by atoms with Crippen LogP contribution in [0.5, 0.6) is 0 Å². The maximum absolute atomic E-state index is 4.58. The van der Waals surface area contributed by atoms with Crippen LogP contribution in [-0.4, -0.2) is 19.6 Å². The predicted molar refractivity (Wildman–Crippen MR) is 86.0 cm³/mol. The van der Waals surface area contributed by atoms with Gasteiger partial charge in [0.25, 0.3) is 0 Å².